The molecule has 1 heteroatoms. The predicted octanol–water partition coefficient (Wildman–Crippen LogP) is 3.10. The van der Waals surface area contributed by atoms with Gasteiger partial charge in [0.2, 0.25) is 0 Å². The second kappa shape index (κ2) is 7.00. The molecule has 0 heterocycles. The molecule has 0 saturated heterocycles. The molecule has 0 spiro atoms. The molecule has 0 atom stereocenters. The highest BCUT2D eigenvalue weighted by molar-refractivity contribution is 5.68. The average molecular weight is 149 g/mol. The zero-order valence-electron chi connectivity index (χ0n) is 7.17. The van der Waals surface area contributed by atoms with Crippen molar-refractivity contribution in [2.75, 3.05) is 0 Å². The summed E-state index contributed by atoms with van der Waals surface area (Å²) >= 11 is 0. The van der Waals surface area contributed by atoms with Gasteiger partial charge < -0.3 is 5.41 Å². The Bertz CT molecular complexity index is 185. The van der Waals surface area contributed by atoms with Crippen molar-refractivity contribution in [1.82, 2.24) is 0 Å². The van der Waals surface area contributed by atoms with E-state index in [1.807, 2.05) is 25.2 Å². The van der Waals surface area contributed by atoms with Gasteiger partial charge in [0.05, 0.1) is 0 Å². The summed E-state index contributed by atoms with van der Waals surface area (Å²) in [5.74, 6) is 0. The van der Waals surface area contributed by atoms with Gasteiger partial charge in [-0.2, -0.15) is 0 Å². The normalized spacial score (nSPS) is 13.1. The van der Waals surface area contributed by atoms with Crippen LogP contribution in [0.5, 0.6) is 0 Å². The quantitative estimate of drug-likeness (QED) is 0.469. The molecule has 0 saturated carbocycles. The van der Waals surface area contributed by atoms with Crippen molar-refractivity contribution in [1.29, 1.82) is 5.41 Å². The van der Waals surface area contributed by atoms with Crippen LogP contribution in [0.1, 0.15) is 20.3 Å². The monoisotopic (exact) mass is 149 g/mol. The van der Waals surface area contributed by atoms with Crippen molar-refractivity contribution in [3.05, 3.63) is 36.0 Å². The number of rotatable bonds is 4. The summed E-state index contributed by atoms with van der Waals surface area (Å²) < 4.78 is 0. The zero-order chi connectivity index (χ0) is 8.53. The van der Waals surface area contributed by atoms with Gasteiger partial charge in [0.1, 0.15) is 0 Å². The maximum atomic E-state index is 6.79. The lowest BCUT2D eigenvalue weighted by Gasteiger charge is -1.91. The molecular formula is C10H15N. The fourth-order valence-corrected chi connectivity index (χ4v) is 0.683. The third kappa shape index (κ3) is 5.34. The van der Waals surface area contributed by atoms with E-state index in [1.54, 1.807) is 6.08 Å². The van der Waals surface area contributed by atoms with Gasteiger partial charge in [-0.3, -0.25) is 0 Å². The van der Waals surface area contributed by atoms with Crippen LogP contribution in [0.3, 0.4) is 0 Å². The van der Waals surface area contributed by atoms with Crippen LogP contribution in [0.25, 0.3) is 0 Å². The molecule has 0 fully saturated rings. The predicted molar refractivity (Wildman–Crippen MR) is 51.1 cm³/mol. The molecule has 0 amide bonds. The molecule has 0 radical (unpaired) electrons. The van der Waals surface area contributed by atoms with E-state index in [9.17, 15) is 0 Å². The van der Waals surface area contributed by atoms with Crippen LogP contribution in [-0.2, 0) is 0 Å². The average Bonchev–Trinajstić information content (AvgIpc) is 2.05. The van der Waals surface area contributed by atoms with E-state index >= 15 is 0 Å². The van der Waals surface area contributed by atoms with Gasteiger partial charge in [-0.05, 0) is 25.0 Å². The highest BCUT2D eigenvalue weighted by Gasteiger charge is 1.82. The first-order chi connectivity index (χ1) is 5.35. The zero-order valence-corrected chi connectivity index (χ0v) is 7.17. The SMILES string of the molecule is C\C=C/C=C(/C=C\C=N)CC. The van der Waals surface area contributed by atoms with E-state index < -0.39 is 0 Å². The molecule has 0 aromatic carbocycles. The third-order valence-electron chi connectivity index (χ3n) is 1.32. The number of hydrogen-bond acceptors (Lipinski definition) is 1. The fraction of sp³-hybridized carbons (Fsp3) is 0.300. The van der Waals surface area contributed by atoms with Crippen LogP contribution >= 0.6 is 0 Å². The van der Waals surface area contributed by atoms with Crippen molar-refractivity contribution in [3.63, 3.8) is 0 Å². The van der Waals surface area contributed by atoms with Crippen LogP contribution in [0.2, 0.25) is 0 Å². The summed E-state index contributed by atoms with van der Waals surface area (Å²) in [6.07, 6.45) is 12.0. The molecular weight excluding hydrogens is 134 g/mol. The van der Waals surface area contributed by atoms with Crippen LogP contribution in [0.4, 0.5) is 0 Å². The maximum absolute atomic E-state index is 6.79. The minimum Gasteiger partial charge on any atom is -0.309 e. The number of allylic oxidation sites excluding steroid dienone is 6. The van der Waals surface area contributed by atoms with E-state index in [2.05, 4.69) is 13.0 Å². The van der Waals surface area contributed by atoms with Crippen molar-refractivity contribution >= 4 is 6.21 Å². The topological polar surface area (TPSA) is 23.9 Å². The number of hydrogen-bond donors (Lipinski definition) is 1. The Kier molecular flexibility index (Phi) is 6.30. The highest BCUT2D eigenvalue weighted by atomic mass is 14.3. The molecule has 0 aromatic heterocycles. The Morgan fingerprint density at radius 3 is 2.55 bits per heavy atom. The van der Waals surface area contributed by atoms with Crippen LogP contribution in [0.15, 0.2) is 36.0 Å². The summed E-state index contributed by atoms with van der Waals surface area (Å²) in [7, 11) is 0. The van der Waals surface area contributed by atoms with Gasteiger partial charge >= 0.3 is 0 Å². The molecule has 0 rings (SSSR count). The lowest BCUT2D eigenvalue weighted by molar-refractivity contribution is 1.15. The fourth-order valence-electron chi connectivity index (χ4n) is 0.683. The smallest absolute Gasteiger partial charge is 0.0177 e. The molecule has 0 aliphatic rings. The second-order valence-electron chi connectivity index (χ2n) is 2.15. The van der Waals surface area contributed by atoms with Crippen molar-refractivity contribution in [3.8, 4) is 0 Å². The minimum atomic E-state index is 1.01. The molecule has 0 bridgehead atoms. The molecule has 0 unspecified atom stereocenters. The Hall–Kier alpha value is -1.11. The first-order valence-corrected chi connectivity index (χ1v) is 3.84. The summed E-state index contributed by atoms with van der Waals surface area (Å²) in [5.41, 5.74) is 1.24. The Balaban J connectivity index is 4.14. The molecule has 0 aliphatic carbocycles. The summed E-state index contributed by atoms with van der Waals surface area (Å²) in [5, 5.41) is 6.79. The standard InChI is InChI=1S/C10H15N/c1-3-5-7-10(4-2)8-6-9-11/h3,5-9,11H,4H2,1-2H3/b5-3-,8-6-,10-7+,11-9?. The van der Waals surface area contributed by atoms with Crippen LogP contribution < -0.4 is 0 Å². The van der Waals surface area contributed by atoms with E-state index in [0.717, 1.165) is 6.42 Å². The molecule has 11 heavy (non-hydrogen) atoms. The van der Waals surface area contributed by atoms with Gasteiger partial charge in [-0.25, -0.2) is 0 Å². The summed E-state index contributed by atoms with van der Waals surface area (Å²) in [4.78, 5) is 0. The maximum Gasteiger partial charge on any atom is 0.0177 e. The lowest BCUT2D eigenvalue weighted by atomic mass is 10.2. The molecule has 0 aliphatic heterocycles. The largest absolute Gasteiger partial charge is 0.309 e. The lowest BCUT2D eigenvalue weighted by Crippen LogP contribution is -1.72. The summed E-state index contributed by atoms with van der Waals surface area (Å²) in [6, 6.07) is 0. The second-order valence-corrected chi connectivity index (χ2v) is 2.15. The Morgan fingerprint density at radius 1 is 1.36 bits per heavy atom. The van der Waals surface area contributed by atoms with Gasteiger partial charge in [0, 0.05) is 6.21 Å². The third-order valence-corrected chi connectivity index (χ3v) is 1.32. The van der Waals surface area contributed by atoms with Gasteiger partial charge in [0.25, 0.3) is 0 Å². The molecule has 60 valence electrons. The molecule has 1 N–H and O–H groups in total. The van der Waals surface area contributed by atoms with Crippen molar-refractivity contribution in [2.24, 2.45) is 0 Å². The molecule has 1 nitrogen and oxygen atoms in total. The van der Waals surface area contributed by atoms with Crippen molar-refractivity contribution in [2.45, 2.75) is 20.3 Å². The van der Waals surface area contributed by atoms with Crippen molar-refractivity contribution < 1.29 is 0 Å². The first kappa shape index (κ1) is 9.89. The van der Waals surface area contributed by atoms with Crippen LogP contribution in [-0.4, -0.2) is 6.21 Å². The van der Waals surface area contributed by atoms with E-state index in [-0.39, 0.29) is 0 Å². The van der Waals surface area contributed by atoms with Gasteiger partial charge in [-0.15, -0.1) is 0 Å². The van der Waals surface area contributed by atoms with Crippen LogP contribution in [0, 0.1) is 5.41 Å². The van der Waals surface area contributed by atoms with Gasteiger partial charge in [-0.1, -0.05) is 31.2 Å². The molecule has 0 aromatic rings. The Labute approximate surface area is 68.6 Å². The minimum absolute atomic E-state index is 1.01. The van der Waals surface area contributed by atoms with E-state index in [0.29, 0.717) is 0 Å². The Morgan fingerprint density at radius 2 is 2.09 bits per heavy atom. The first-order valence-electron chi connectivity index (χ1n) is 3.84. The summed E-state index contributed by atoms with van der Waals surface area (Å²) in [6.45, 7) is 4.09. The highest BCUT2D eigenvalue weighted by Crippen LogP contribution is 2.01. The van der Waals surface area contributed by atoms with Gasteiger partial charge in [0.15, 0.2) is 0 Å². The van der Waals surface area contributed by atoms with E-state index in [4.69, 9.17) is 5.41 Å². The van der Waals surface area contributed by atoms with E-state index in [1.165, 1.54) is 11.8 Å². The number of nitrogens with one attached hydrogen (secondary N) is 1.